The first-order valence-corrected chi connectivity index (χ1v) is 6.90. The van der Waals surface area contributed by atoms with Gasteiger partial charge in [-0.3, -0.25) is 4.79 Å². The van der Waals surface area contributed by atoms with Gasteiger partial charge in [-0.15, -0.1) is 0 Å². The summed E-state index contributed by atoms with van der Waals surface area (Å²) in [5.41, 5.74) is 3.20. The minimum absolute atomic E-state index is 0.198. The molecule has 1 aromatic carbocycles. The molecule has 0 aromatic heterocycles. The smallest absolute Gasteiger partial charge is 0.227 e. The van der Waals surface area contributed by atoms with E-state index in [1.807, 2.05) is 36.9 Å². The molecular weight excluding hydrogens is 254 g/mol. The molecule has 0 unspecified atom stereocenters. The third-order valence-electron chi connectivity index (χ3n) is 3.42. The zero-order chi connectivity index (χ0) is 14.5. The molecule has 0 saturated heterocycles. The zero-order valence-electron chi connectivity index (χ0n) is 12.3. The summed E-state index contributed by atoms with van der Waals surface area (Å²) in [5.74, 6) is 0.975. The van der Waals surface area contributed by atoms with Gasteiger partial charge in [-0.05, 0) is 44.0 Å². The number of amides is 1. The number of ether oxygens (including phenoxy) is 2. The van der Waals surface area contributed by atoms with Crippen LogP contribution in [0.15, 0.2) is 24.3 Å². The molecule has 0 radical (unpaired) electrons. The molecule has 0 saturated carbocycles. The summed E-state index contributed by atoms with van der Waals surface area (Å²) in [4.78, 5) is 13.8. The fourth-order valence-corrected chi connectivity index (χ4v) is 2.45. The van der Waals surface area contributed by atoms with E-state index >= 15 is 0 Å². The SMILES string of the molecule is CCN1C(=O)CCC=C1c1ccc(OCOC)cc1C. The van der Waals surface area contributed by atoms with Crippen LogP contribution in [0, 0.1) is 6.92 Å². The van der Waals surface area contributed by atoms with Gasteiger partial charge in [0.15, 0.2) is 6.79 Å². The zero-order valence-corrected chi connectivity index (χ0v) is 12.3. The summed E-state index contributed by atoms with van der Waals surface area (Å²) in [6, 6.07) is 5.89. The van der Waals surface area contributed by atoms with E-state index in [1.165, 1.54) is 0 Å². The highest BCUT2D eigenvalue weighted by molar-refractivity contribution is 5.89. The molecule has 0 fully saturated rings. The minimum Gasteiger partial charge on any atom is -0.468 e. The summed E-state index contributed by atoms with van der Waals surface area (Å²) in [7, 11) is 1.60. The molecule has 1 aliphatic heterocycles. The van der Waals surface area contributed by atoms with E-state index < -0.39 is 0 Å². The summed E-state index contributed by atoms with van der Waals surface area (Å²) >= 11 is 0. The Bertz CT molecular complexity index is 522. The summed E-state index contributed by atoms with van der Waals surface area (Å²) in [6.07, 6.45) is 3.56. The molecule has 20 heavy (non-hydrogen) atoms. The Morgan fingerprint density at radius 3 is 2.80 bits per heavy atom. The Hall–Kier alpha value is -1.81. The highest BCUT2D eigenvalue weighted by Crippen LogP contribution is 2.29. The van der Waals surface area contributed by atoms with Crippen LogP contribution < -0.4 is 4.74 Å². The maximum absolute atomic E-state index is 12.0. The number of allylic oxidation sites excluding steroid dienone is 1. The van der Waals surface area contributed by atoms with Crippen LogP contribution in [0.4, 0.5) is 0 Å². The number of hydrogen-bond acceptors (Lipinski definition) is 3. The molecule has 1 amide bonds. The number of hydrogen-bond donors (Lipinski definition) is 0. The molecule has 0 N–H and O–H groups in total. The van der Waals surface area contributed by atoms with E-state index in [-0.39, 0.29) is 12.7 Å². The number of nitrogens with zero attached hydrogens (tertiary/aromatic N) is 1. The van der Waals surface area contributed by atoms with Crippen LogP contribution in [-0.2, 0) is 9.53 Å². The van der Waals surface area contributed by atoms with Crippen molar-refractivity contribution < 1.29 is 14.3 Å². The summed E-state index contributed by atoms with van der Waals surface area (Å²) < 4.78 is 10.3. The highest BCUT2D eigenvalue weighted by atomic mass is 16.7. The molecule has 4 nitrogen and oxygen atoms in total. The van der Waals surface area contributed by atoms with E-state index in [1.54, 1.807) is 7.11 Å². The Labute approximate surface area is 120 Å². The standard InChI is InChI=1S/C16H21NO3/c1-4-17-15(6-5-7-16(17)18)14-9-8-13(10-12(14)2)20-11-19-3/h6,8-10H,4-5,7,11H2,1-3H3. The first kappa shape index (κ1) is 14.6. The third kappa shape index (κ3) is 3.02. The van der Waals surface area contributed by atoms with Crippen molar-refractivity contribution in [3.63, 3.8) is 0 Å². The van der Waals surface area contributed by atoms with Crippen molar-refractivity contribution in [2.45, 2.75) is 26.7 Å². The van der Waals surface area contributed by atoms with Gasteiger partial charge < -0.3 is 14.4 Å². The Balaban J connectivity index is 2.28. The van der Waals surface area contributed by atoms with Crippen LogP contribution in [0.2, 0.25) is 0 Å². The predicted molar refractivity (Wildman–Crippen MR) is 78.3 cm³/mol. The quantitative estimate of drug-likeness (QED) is 0.775. The maximum Gasteiger partial charge on any atom is 0.227 e. The summed E-state index contributed by atoms with van der Waals surface area (Å²) in [6.45, 7) is 4.97. The number of carbonyl (C=O) groups excluding carboxylic acids is 1. The Morgan fingerprint density at radius 1 is 1.35 bits per heavy atom. The fraction of sp³-hybridized carbons (Fsp3) is 0.438. The van der Waals surface area contributed by atoms with E-state index in [4.69, 9.17) is 9.47 Å². The molecular formula is C16H21NO3. The molecule has 1 aromatic rings. The van der Waals surface area contributed by atoms with E-state index in [0.717, 1.165) is 29.0 Å². The predicted octanol–water partition coefficient (Wildman–Crippen LogP) is 2.96. The lowest BCUT2D eigenvalue weighted by molar-refractivity contribution is -0.128. The average Bonchev–Trinajstić information content (AvgIpc) is 2.45. The lowest BCUT2D eigenvalue weighted by atomic mass is 10.00. The van der Waals surface area contributed by atoms with Crippen molar-refractivity contribution in [2.24, 2.45) is 0 Å². The second-order valence-electron chi connectivity index (χ2n) is 4.79. The van der Waals surface area contributed by atoms with Crippen molar-refractivity contribution in [3.8, 4) is 5.75 Å². The van der Waals surface area contributed by atoms with E-state index in [9.17, 15) is 4.79 Å². The van der Waals surface area contributed by atoms with E-state index in [0.29, 0.717) is 13.0 Å². The Morgan fingerprint density at radius 2 is 2.15 bits per heavy atom. The van der Waals surface area contributed by atoms with Crippen LogP contribution in [-0.4, -0.2) is 31.3 Å². The van der Waals surface area contributed by atoms with Crippen LogP contribution in [0.25, 0.3) is 5.70 Å². The molecule has 0 bridgehead atoms. The van der Waals surface area contributed by atoms with Crippen LogP contribution in [0.5, 0.6) is 5.75 Å². The van der Waals surface area contributed by atoms with Gasteiger partial charge >= 0.3 is 0 Å². The maximum atomic E-state index is 12.0. The van der Waals surface area contributed by atoms with Crippen molar-refractivity contribution in [2.75, 3.05) is 20.4 Å². The number of methoxy groups -OCH3 is 1. The van der Waals surface area contributed by atoms with Crippen LogP contribution in [0.1, 0.15) is 30.9 Å². The molecule has 1 aliphatic rings. The molecule has 2 rings (SSSR count). The van der Waals surface area contributed by atoms with Crippen LogP contribution in [0.3, 0.4) is 0 Å². The van der Waals surface area contributed by atoms with Gasteiger partial charge in [-0.1, -0.05) is 6.08 Å². The first-order chi connectivity index (χ1) is 9.67. The first-order valence-electron chi connectivity index (χ1n) is 6.90. The van der Waals surface area contributed by atoms with Gasteiger partial charge in [-0.2, -0.15) is 0 Å². The average molecular weight is 275 g/mol. The van der Waals surface area contributed by atoms with Crippen molar-refractivity contribution >= 4 is 11.6 Å². The van der Waals surface area contributed by atoms with Gasteiger partial charge in [0.2, 0.25) is 5.91 Å². The molecule has 0 spiro atoms. The normalized spacial score (nSPS) is 15.2. The van der Waals surface area contributed by atoms with Gasteiger partial charge in [-0.25, -0.2) is 0 Å². The minimum atomic E-state index is 0.198. The second-order valence-corrected chi connectivity index (χ2v) is 4.79. The monoisotopic (exact) mass is 275 g/mol. The number of rotatable bonds is 5. The number of benzene rings is 1. The molecule has 108 valence electrons. The van der Waals surface area contributed by atoms with Crippen LogP contribution >= 0.6 is 0 Å². The molecule has 0 atom stereocenters. The van der Waals surface area contributed by atoms with Gasteiger partial charge in [0.05, 0.1) is 0 Å². The number of aryl methyl sites for hydroxylation is 1. The third-order valence-corrected chi connectivity index (χ3v) is 3.42. The Kier molecular flexibility index (Phi) is 4.79. The van der Waals surface area contributed by atoms with Crippen molar-refractivity contribution in [3.05, 3.63) is 35.4 Å². The lowest BCUT2D eigenvalue weighted by Crippen LogP contribution is -2.31. The molecule has 4 heteroatoms. The summed E-state index contributed by atoms with van der Waals surface area (Å²) in [5, 5.41) is 0. The molecule has 1 heterocycles. The largest absolute Gasteiger partial charge is 0.468 e. The van der Waals surface area contributed by atoms with Gasteiger partial charge in [0.1, 0.15) is 5.75 Å². The second kappa shape index (κ2) is 6.57. The lowest BCUT2D eigenvalue weighted by Gasteiger charge is -2.28. The highest BCUT2D eigenvalue weighted by Gasteiger charge is 2.22. The number of carbonyl (C=O) groups is 1. The van der Waals surface area contributed by atoms with Gasteiger partial charge in [0, 0.05) is 31.3 Å². The van der Waals surface area contributed by atoms with E-state index in [2.05, 4.69) is 6.08 Å². The molecule has 0 aliphatic carbocycles. The topological polar surface area (TPSA) is 38.8 Å². The van der Waals surface area contributed by atoms with Gasteiger partial charge in [0.25, 0.3) is 0 Å². The van der Waals surface area contributed by atoms with Crippen molar-refractivity contribution in [1.82, 2.24) is 4.90 Å². The van der Waals surface area contributed by atoms with Crippen molar-refractivity contribution in [1.29, 1.82) is 0 Å². The fourth-order valence-electron chi connectivity index (χ4n) is 2.45.